The molecule has 0 saturated carbocycles. The van der Waals surface area contributed by atoms with E-state index in [1.807, 2.05) is 31.2 Å². The number of amides is 2. The van der Waals surface area contributed by atoms with Crippen LogP contribution in [0.2, 0.25) is 0 Å². The Kier molecular flexibility index (Phi) is 15.0. The van der Waals surface area contributed by atoms with Crippen LogP contribution in [-0.2, 0) is 34.0 Å². The fourth-order valence-electron chi connectivity index (χ4n) is 5.51. The molecule has 12 heteroatoms. The van der Waals surface area contributed by atoms with Crippen LogP contribution in [0.3, 0.4) is 0 Å². The normalized spacial score (nSPS) is 14.0. The van der Waals surface area contributed by atoms with Crippen LogP contribution < -0.4 is 20.7 Å². The summed E-state index contributed by atoms with van der Waals surface area (Å²) >= 11 is 0. The van der Waals surface area contributed by atoms with E-state index in [0.717, 1.165) is 29.7 Å². The maximum Gasteiger partial charge on any atom is 0.251 e. The Morgan fingerprint density at radius 2 is 1.53 bits per heavy atom. The maximum absolute atomic E-state index is 14.2. The lowest BCUT2D eigenvalue weighted by atomic mass is 10.00. The number of ether oxygens (including phenoxy) is 1. The standard InChI is InChI=1S/C37H49F2N3O6S/c1-5-9-32(10-6-2)49(46,47)24-34(42-36(44)28-13-15-31(48-4)16-14-28)37(45)41-33(20-27-18-29(38)21-30(39)19-27)35(43)23-40-22-26-12-8-11-25(7-3)17-26/h8,11-19,21,32-35,40,43H,5-7,9-10,20,22-24H2,1-4H3,(H,41,45)(H,42,44)/t33-,34-,35+/m0/s1/i32D. The summed E-state index contributed by atoms with van der Waals surface area (Å²) < 4.78 is 69.9. The SMILES string of the molecule is [2H]C(CCC)(CCC)S(=O)(=O)C[C@H](NC(=O)c1ccc(OC)cc1)C(=O)N[C@@H](Cc1cc(F)cc(F)c1)[C@H](O)CNCc1cccc(CC)c1. The first-order valence-electron chi connectivity index (χ1n) is 17.1. The Bertz CT molecular complexity index is 1650. The summed E-state index contributed by atoms with van der Waals surface area (Å²) in [5.41, 5.74) is 2.37. The highest BCUT2D eigenvalue weighted by Gasteiger charge is 2.34. The summed E-state index contributed by atoms with van der Waals surface area (Å²) in [6, 6.07) is 13.9. The van der Waals surface area contributed by atoms with E-state index in [1.165, 1.54) is 31.4 Å². The number of carbonyl (C=O) groups excluding carboxylic acids is 2. The predicted molar refractivity (Wildman–Crippen MR) is 187 cm³/mol. The van der Waals surface area contributed by atoms with Gasteiger partial charge in [0.1, 0.15) is 23.4 Å². The molecule has 268 valence electrons. The van der Waals surface area contributed by atoms with Crippen molar-refractivity contribution in [1.29, 1.82) is 0 Å². The van der Waals surface area contributed by atoms with E-state index in [-0.39, 0.29) is 36.9 Å². The summed E-state index contributed by atoms with van der Waals surface area (Å²) in [5, 5.41) is 17.7. The number of hydrogen-bond donors (Lipinski definition) is 4. The minimum atomic E-state index is -4.31. The van der Waals surface area contributed by atoms with Gasteiger partial charge in [0.2, 0.25) is 5.91 Å². The van der Waals surface area contributed by atoms with Crippen LogP contribution in [0.5, 0.6) is 5.75 Å². The zero-order chi connectivity index (χ0) is 36.9. The number of halogens is 2. The number of carbonyl (C=O) groups is 2. The van der Waals surface area contributed by atoms with Crippen molar-refractivity contribution in [3.63, 3.8) is 0 Å². The van der Waals surface area contributed by atoms with Gasteiger partial charge in [-0.3, -0.25) is 9.59 Å². The molecule has 0 heterocycles. The molecule has 49 heavy (non-hydrogen) atoms. The van der Waals surface area contributed by atoms with Gasteiger partial charge in [0.05, 0.1) is 30.2 Å². The monoisotopic (exact) mass is 702 g/mol. The predicted octanol–water partition coefficient (Wildman–Crippen LogP) is 4.90. The van der Waals surface area contributed by atoms with Crippen molar-refractivity contribution < 1.29 is 38.0 Å². The van der Waals surface area contributed by atoms with Gasteiger partial charge in [0.15, 0.2) is 9.84 Å². The molecule has 3 aromatic rings. The molecule has 4 N–H and O–H groups in total. The molecule has 0 unspecified atom stereocenters. The maximum atomic E-state index is 14.2. The topological polar surface area (TPSA) is 134 Å². The second-order valence-corrected chi connectivity index (χ2v) is 14.2. The van der Waals surface area contributed by atoms with Gasteiger partial charge < -0.3 is 25.8 Å². The molecule has 3 rings (SSSR count). The number of aryl methyl sites for hydroxylation is 1. The van der Waals surface area contributed by atoms with Crippen LogP contribution in [0.25, 0.3) is 0 Å². The molecule has 3 aromatic carbocycles. The quantitative estimate of drug-likeness (QED) is 0.132. The first-order valence-corrected chi connectivity index (χ1v) is 18.3. The third-order valence-electron chi connectivity index (χ3n) is 8.11. The number of benzene rings is 3. The highest BCUT2D eigenvalue weighted by atomic mass is 32.2. The minimum absolute atomic E-state index is 0.0310. The van der Waals surface area contributed by atoms with Crippen LogP contribution >= 0.6 is 0 Å². The van der Waals surface area contributed by atoms with Crippen molar-refractivity contribution in [2.24, 2.45) is 0 Å². The van der Waals surface area contributed by atoms with E-state index < -0.39 is 62.5 Å². The largest absolute Gasteiger partial charge is 0.497 e. The van der Waals surface area contributed by atoms with E-state index in [0.29, 0.717) is 31.2 Å². The van der Waals surface area contributed by atoms with Crippen LogP contribution in [0.1, 0.15) is 74.9 Å². The lowest BCUT2D eigenvalue weighted by molar-refractivity contribution is -0.124. The molecule has 0 radical (unpaired) electrons. The van der Waals surface area contributed by atoms with E-state index in [2.05, 4.69) is 16.0 Å². The first-order chi connectivity index (χ1) is 23.7. The van der Waals surface area contributed by atoms with Crippen LogP contribution in [-0.4, -0.2) is 68.2 Å². The van der Waals surface area contributed by atoms with Crippen LogP contribution in [0.4, 0.5) is 8.78 Å². The number of methoxy groups -OCH3 is 1. The number of aliphatic hydroxyl groups excluding tert-OH is 1. The summed E-state index contributed by atoms with van der Waals surface area (Å²) in [7, 11) is -2.85. The van der Waals surface area contributed by atoms with Gasteiger partial charge in [0, 0.05) is 26.1 Å². The van der Waals surface area contributed by atoms with Gasteiger partial charge in [-0.15, -0.1) is 0 Å². The Labute approximate surface area is 290 Å². The Balaban J connectivity index is 1.93. The zero-order valence-electron chi connectivity index (χ0n) is 29.6. The second-order valence-electron chi connectivity index (χ2n) is 12.0. The van der Waals surface area contributed by atoms with E-state index in [4.69, 9.17) is 6.11 Å². The second kappa shape index (κ2) is 19.4. The molecule has 0 spiro atoms. The molecule has 3 atom stereocenters. The van der Waals surface area contributed by atoms with E-state index in [1.54, 1.807) is 13.8 Å². The Morgan fingerprint density at radius 3 is 2.12 bits per heavy atom. The molecule has 0 aliphatic heterocycles. The van der Waals surface area contributed by atoms with Gasteiger partial charge in [-0.05, 0) is 78.8 Å². The summed E-state index contributed by atoms with van der Waals surface area (Å²) in [5.74, 6) is -3.78. The summed E-state index contributed by atoms with van der Waals surface area (Å²) in [4.78, 5) is 27.3. The van der Waals surface area contributed by atoms with Gasteiger partial charge >= 0.3 is 0 Å². The summed E-state index contributed by atoms with van der Waals surface area (Å²) in [6.45, 7) is 5.91. The fraction of sp³-hybridized carbons (Fsp3) is 0.459. The molecule has 9 nitrogen and oxygen atoms in total. The molecule has 0 aliphatic carbocycles. The Morgan fingerprint density at radius 1 is 0.898 bits per heavy atom. The average Bonchev–Trinajstić information content (AvgIpc) is 3.07. The molecule has 0 bridgehead atoms. The first kappa shape index (κ1) is 37.9. The smallest absolute Gasteiger partial charge is 0.251 e. The van der Waals surface area contributed by atoms with Crippen molar-refractivity contribution in [3.8, 4) is 5.75 Å². The zero-order valence-corrected chi connectivity index (χ0v) is 29.4. The average molecular weight is 703 g/mol. The van der Waals surface area contributed by atoms with Gasteiger partial charge in [-0.25, -0.2) is 17.2 Å². The van der Waals surface area contributed by atoms with Crippen LogP contribution in [0.15, 0.2) is 66.7 Å². The molecular weight excluding hydrogens is 652 g/mol. The van der Waals surface area contributed by atoms with Gasteiger partial charge in [-0.2, -0.15) is 0 Å². The fourth-order valence-corrected chi connectivity index (χ4v) is 7.45. The summed E-state index contributed by atoms with van der Waals surface area (Å²) in [6.07, 6.45) is 0.211. The van der Waals surface area contributed by atoms with Gasteiger partial charge in [-0.1, -0.05) is 57.9 Å². The third kappa shape index (κ3) is 12.5. The highest BCUT2D eigenvalue weighted by Crippen LogP contribution is 2.19. The molecular formula is C37H49F2N3O6S. The Hall–Kier alpha value is -3.87. The lowest BCUT2D eigenvalue weighted by Crippen LogP contribution is -2.57. The molecule has 0 fully saturated rings. The molecule has 0 saturated heterocycles. The third-order valence-corrected chi connectivity index (χ3v) is 10.2. The van der Waals surface area contributed by atoms with Crippen molar-refractivity contribution in [3.05, 3.63) is 101 Å². The number of nitrogens with one attached hydrogen (secondary N) is 3. The van der Waals surface area contributed by atoms with Crippen molar-refractivity contribution >= 4 is 21.7 Å². The van der Waals surface area contributed by atoms with Crippen molar-refractivity contribution in [2.45, 2.75) is 89.3 Å². The molecule has 0 aromatic heterocycles. The lowest BCUT2D eigenvalue weighted by Gasteiger charge is -2.28. The highest BCUT2D eigenvalue weighted by molar-refractivity contribution is 7.92. The number of aliphatic hydroxyl groups is 1. The van der Waals surface area contributed by atoms with Crippen molar-refractivity contribution in [1.82, 2.24) is 16.0 Å². The number of hydrogen-bond acceptors (Lipinski definition) is 7. The van der Waals surface area contributed by atoms with E-state index >= 15 is 0 Å². The van der Waals surface area contributed by atoms with Gasteiger partial charge in [0.25, 0.3) is 5.91 Å². The van der Waals surface area contributed by atoms with E-state index in [9.17, 15) is 31.9 Å². The molecule has 2 amide bonds. The van der Waals surface area contributed by atoms with Crippen LogP contribution in [0, 0.1) is 11.6 Å². The number of sulfone groups is 1. The number of rotatable bonds is 20. The minimum Gasteiger partial charge on any atom is -0.497 e. The molecule has 0 aliphatic rings. The van der Waals surface area contributed by atoms with Crippen molar-refractivity contribution in [2.75, 3.05) is 19.4 Å².